The van der Waals surface area contributed by atoms with E-state index in [4.69, 9.17) is 0 Å². The molecule has 0 aliphatic carbocycles. The van der Waals surface area contributed by atoms with Crippen LogP contribution in [0.2, 0.25) is 0 Å². The normalized spacial score (nSPS) is 16.9. The van der Waals surface area contributed by atoms with E-state index in [2.05, 4.69) is 25.2 Å². The van der Waals surface area contributed by atoms with Crippen molar-refractivity contribution in [3.8, 4) is 0 Å². The van der Waals surface area contributed by atoms with Crippen molar-refractivity contribution in [3.63, 3.8) is 0 Å². The summed E-state index contributed by atoms with van der Waals surface area (Å²) in [5.74, 6) is -2.19. The molecule has 13 heteroatoms. The topological polar surface area (TPSA) is 143 Å². The number of aliphatic carboxylic acids is 1. The van der Waals surface area contributed by atoms with Gasteiger partial charge in [-0.25, -0.2) is 12.8 Å². The minimum atomic E-state index is -4.13. The molecule has 0 bridgehead atoms. The number of piperazine rings is 1. The van der Waals surface area contributed by atoms with E-state index in [1.54, 1.807) is 12.1 Å². The first-order valence-corrected chi connectivity index (χ1v) is 13.4. The molecule has 4 rings (SSSR count). The summed E-state index contributed by atoms with van der Waals surface area (Å²) in [4.78, 5) is 32.7. The van der Waals surface area contributed by atoms with E-state index in [1.165, 1.54) is 36.4 Å². The average molecular weight is 533 g/mol. The first-order valence-electron chi connectivity index (χ1n) is 11.9. The third kappa shape index (κ3) is 6.54. The van der Waals surface area contributed by atoms with Crippen molar-refractivity contribution in [1.82, 2.24) is 20.3 Å². The van der Waals surface area contributed by atoms with Crippen molar-refractivity contribution >= 4 is 33.5 Å². The number of carbonyl (C=O) groups excluding carboxylic acids is 1. The summed E-state index contributed by atoms with van der Waals surface area (Å²) in [6.45, 7) is 3.92. The minimum Gasteiger partial charge on any atom is -0.480 e. The number of aliphatic imine (C=N–C) groups is 1. The monoisotopic (exact) mass is 532 g/mol. The van der Waals surface area contributed by atoms with Gasteiger partial charge in [-0.05, 0) is 36.8 Å². The van der Waals surface area contributed by atoms with Crippen LogP contribution in [0.4, 0.5) is 10.1 Å². The summed E-state index contributed by atoms with van der Waals surface area (Å²) in [5.41, 5.74) is 0.365. The van der Waals surface area contributed by atoms with Crippen molar-refractivity contribution in [2.45, 2.75) is 17.4 Å². The van der Waals surface area contributed by atoms with Gasteiger partial charge in [-0.2, -0.15) is 4.72 Å². The molecule has 1 amide bonds. The number of carboxylic acids is 1. The summed E-state index contributed by atoms with van der Waals surface area (Å²) in [6, 6.07) is 9.86. The second kappa shape index (κ2) is 11.6. The lowest BCUT2D eigenvalue weighted by Gasteiger charge is -2.38. The predicted molar refractivity (Wildman–Crippen MR) is 136 cm³/mol. The zero-order valence-corrected chi connectivity index (χ0v) is 20.9. The van der Waals surface area contributed by atoms with Gasteiger partial charge in [0, 0.05) is 51.5 Å². The number of halogens is 1. The molecule has 4 N–H and O–H groups in total. The predicted octanol–water partition coefficient (Wildman–Crippen LogP) is 0.459. The Kier molecular flexibility index (Phi) is 8.24. The van der Waals surface area contributed by atoms with Crippen molar-refractivity contribution < 1.29 is 27.5 Å². The van der Waals surface area contributed by atoms with E-state index in [1.807, 2.05) is 4.90 Å². The van der Waals surface area contributed by atoms with Gasteiger partial charge in [0.2, 0.25) is 10.0 Å². The van der Waals surface area contributed by atoms with Crippen LogP contribution in [0.5, 0.6) is 0 Å². The molecule has 1 fully saturated rings. The molecule has 2 aliphatic rings. The minimum absolute atomic E-state index is 0.113. The van der Waals surface area contributed by atoms with Gasteiger partial charge in [0.15, 0.2) is 5.96 Å². The Hall–Kier alpha value is -3.71. The third-order valence-corrected chi connectivity index (χ3v) is 7.62. The van der Waals surface area contributed by atoms with Gasteiger partial charge in [0.05, 0.1) is 10.5 Å². The zero-order chi connectivity index (χ0) is 26.4. The highest BCUT2D eigenvalue weighted by atomic mass is 32.2. The standard InChI is InChI=1S/C24H29FN6O5S/c25-20-15-17(30-11-13-31(14-12-30)24-26-9-4-10-27-24)7-8-19(20)22(32)28-16-21(23(33)34)29-37(35,36)18-5-2-1-3-6-18/h1-3,5-8,15,21,29H,4,9-14,16H2,(H,26,27)(H,28,32)(H,33,34)/t21-/m0/s1. The van der Waals surface area contributed by atoms with E-state index in [9.17, 15) is 27.5 Å². The number of sulfonamides is 1. The van der Waals surface area contributed by atoms with Gasteiger partial charge in [-0.3, -0.25) is 14.6 Å². The fraction of sp³-hybridized carbons (Fsp3) is 0.375. The molecule has 37 heavy (non-hydrogen) atoms. The Morgan fingerprint density at radius 1 is 1.08 bits per heavy atom. The van der Waals surface area contributed by atoms with Gasteiger partial charge in [-0.15, -0.1) is 0 Å². The summed E-state index contributed by atoms with van der Waals surface area (Å²) in [6.07, 6.45) is 1.02. The van der Waals surface area contributed by atoms with Crippen LogP contribution >= 0.6 is 0 Å². The summed E-state index contributed by atoms with van der Waals surface area (Å²) >= 11 is 0. The largest absolute Gasteiger partial charge is 0.480 e. The van der Waals surface area contributed by atoms with Crippen LogP contribution in [0.3, 0.4) is 0 Å². The molecular formula is C24H29FN6O5S. The third-order valence-electron chi connectivity index (χ3n) is 6.14. The highest BCUT2D eigenvalue weighted by Crippen LogP contribution is 2.21. The first kappa shape index (κ1) is 26.4. The van der Waals surface area contributed by atoms with Gasteiger partial charge in [0.1, 0.15) is 11.9 Å². The summed E-state index contributed by atoms with van der Waals surface area (Å²) in [5, 5.41) is 15.0. The Bertz CT molecular complexity index is 1270. The van der Waals surface area contributed by atoms with Crippen molar-refractivity contribution in [3.05, 3.63) is 59.9 Å². The number of anilines is 1. The SMILES string of the molecule is O=C(NC[C@H](NS(=O)(=O)c1ccccc1)C(=O)O)c1ccc(N2CCN(C3=NCCCN3)CC2)cc1F. The zero-order valence-electron chi connectivity index (χ0n) is 20.1. The van der Waals surface area contributed by atoms with Crippen LogP contribution in [0.1, 0.15) is 16.8 Å². The average Bonchev–Trinajstić information content (AvgIpc) is 2.91. The van der Waals surface area contributed by atoms with Gasteiger partial charge < -0.3 is 25.5 Å². The molecule has 0 saturated carbocycles. The van der Waals surface area contributed by atoms with Crippen LogP contribution in [-0.4, -0.2) is 88.1 Å². The van der Waals surface area contributed by atoms with Gasteiger partial charge in [0.25, 0.3) is 5.91 Å². The number of nitrogens with one attached hydrogen (secondary N) is 3. The number of rotatable bonds is 8. The van der Waals surface area contributed by atoms with Crippen LogP contribution in [0.25, 0.3) is 0 Å². The van der Waals surface area contributed by atoms with Gasteiger partial charge >= 0.3 is 5.97 Å². The Morgan fingerprint density at radius 2 is 1.78 bits per heavy atom. The molecule has 0 spiro atoms. The fourth-order valence-corrected chi connectivity index (χ4v) is 5.33. The lowest BCUT2D eigenvalue weighted by atomic mass is 10.1. The molecule has 1 saturated heterocycles. The van der Waals surface area contributed by atoms with E-state index in [0.717, 1.165) is 38.6 Å². The molecule has 1 atom stereocenters. The maximum Gasteiger partial charge on any atom is 0.323 e. The Labute approximate surface area is 214 Å². The second-order valence-electron chi connectivity index (χ2n) is 8.66. The van der Waals surface area contributed by atoms with Crippen molar-refractivity contribution in [1.29, 1.82) is 0 Å². The fourth-order valence-electron chi connectivity index (χ4n) is 4.12. The van der Waals surface area contributed by atoms with Crippen molar-refractivity contribution in [2.75, 3.05) is 50.7 Å². The molecule has 2 aromatic carbocycles. The van der Waals surface area contributed by atoms with E-state index < -0.39 is 40.3 Å². The second-order valence-corrected chi connectivity index (χ2v) is 10.4. The summed E-state index contributed by atoms with van der Waals surface area (Å²) < 4.78 is 41.8. The number of amides is 1. The number of hydrogen-bond donors (Lipinski definition) is 4. The lowest BCUT2D eigenvalue weighted by molar-refractivity contribution is -0.138. The molecule has 2 aliphatic heterocycles. The first-order chi connectivity index (χ1) is 17.7. The van der Waals surface area contributed by atoms with Crippen LogP contribution < -0.4 is 20.3 Å². The van der Waals surface area contributed by atoms with Crippen LogP contribution in [-0.2, 0) is 14.8 Å². The lowest BCUT2D eigenvalue weighted by Crippen LogP contribution is -2.53. The molecule has 2 aromatic rings. The van der Waals surface area contributed by atoms with E-state index in [-0.39, 0.29) is 10.5 Å². The Morgan fingerprint density at radius 3 is 2.41 bits per heavy atom. The molecule has 198 valence electrons. The maximum atomic E-state index is 14.8. The van der Waals surface area contributed by atoms with Crippen molar-refractivity contribution in [2.24, 2.45) is 4.99 Å². The number of nitrogens with zero attached hydrogens (tertiary/aromatic N) is 3. The molecule has 0 radical (unpaired) electrons. The van der Waals surface area contributed by atoms with E-state index >= 15 is 0 Å². The molecule has 0 unspecified atom stereocenters. The number of carboxylic acid groups (broad SMARTS) is 1. The number of guanidine groups is 1. The molecule has 0 aromatic heterocycles. The summed E-state index contributed by atoms with van der Waals surface area (Å²) in [7, 11) is -4.13. The molecule has 11 nitrogen and oxygen atoms in total. The Balaban J connectivity index is 1.34. The maximum absolute atomic E-state index is 14.8. The van der Waals surface area contributed by atoms with Crippen LogP contribution in [0, 0.1) is 5.82 Å². The van der Waals surface area contributed by atoms with E-state index in [0.29, 0.717) is 18.8 Å². The highest BCUT2D eigenvalue weighted by Gasteiger charge is 2.27. The number of carbonyl (C=O) groups is 2. The number of benzene rings is 2. The van der Waals surface area contributed by atoms with Crippen LogP contribution in [0.15, 0.2) is 58.4 Å². The highest BCUT2D eigenvalue weighted by molar-refractivity contribution is 7.89. The molecular weight excluding hydrogens is 503 g/mol. The number of hydrogen-bond acceptors (Lipinski definition) is 8. The van der Waals surface area contributed by atoms with Gasteiger partial charge in [-0.1, -0.05) is 18.2 Å². The molecule has 2 heterocycles. The quantitative estimate of drug-likeness (QED) is 0.384. The smallest absolute Gasteiger partial charge is 0.323 e.